The van der Waals surface area contributed by atoms with E-state index in [1.165, 1.54) is 12.1 Å². The molecule has 1 aromatic rings. The fraction of sp³-hybridized carbons (Fsp3) is 0.714. The highest BCUT2D eigenvalue weighted by Crippen LogP contribution is 2.66. The Hall–Kier alpha value is -1.04. The van der Waals surface area contributed by atoms with Gasteiger partial charge >= 0.3 is 21.3 Å². The molecule has 2 aliphatic carbocycles. The summed E-state index contributed by atoms with van der Waals surface area (Å²) in [5, 5.41) is 14.4. The van der Waals surface area contributed by atoms with Crippen molar-refractivity contribution in [1.82, 2.24) is 0 Å². The number of aliphatic hydroxyl groups excluding tert-OH is 1. The molecule has 0 spiro atoms. The molecule has 32 heavy (non-hydrogen) atoms. The SMILES string of the molecule is Cc1cc(S2(OS(=O)(=O)C(F)(F)C(F)(F)C3CC4CC3CC4O)CCCC2)cc(C)c1O. The number of rotatable bonds is 6. The van der Waals surface area contributed by atoms with Gasteiger partial charge in [0.15, 0.2) is 0 Å². The average molecular weight is 501 g/mol. The Balaban J connectivity index is 1.67. The number of aliphatic hydroxyl groups is 1. The highest BCUT2D eigenvalue weighted by Gasteiger charge is 2.73. The van der Waals surface area contributed by atoms with E-state index < -0.39 is 55.5 Å². The third-order valence-corrected chi connectivity index (χ3v) is 12.9. The van der Waals surface area contributed by atoms with Crippen LogP contribution in [0.3, 0.4) is 0 Å². The summed E-state index contributed by atoms with van der Waals surface area (Å²) in [7, 11) is -8.78. The van der Waals surface area contributed by atoms with Gasteiger partial charge in [-0.15, -0.1) is 0 Å². The van der Waals surface area contributed by atoms with Gasteiger partial charge in [0.1, 0.15) is 5.75 Å². The molecule has 1 saturated heterocycles. The van der Waals surface area contributed by atoms with E-state index in [1.807, 2.05) is 0 Å². The lowest BCUT2D eigenvalue weighted by atomic mass is 9.83. The molecular formula is C21H28F4O5S2. The predicted octanol–water partition coefficient (Wildman–Crippen LogP) is 4.86. The van der Waals surface area contributed by atoms with Crippen molar-refractivity contribution in [2.45, 2.75) is 68.1 Å². The number of phenolic OH excluding ortho intramolecular Hbond substituents is 1. The monoisotopic (exact) mass is 500 g/mol. The minimum atomic E-state index is -5.98. The first-order chi connectivity index (χ1) is 14.7. The Morgan fingerprint density at radius 3 is 2.03 bits per heavy atom. The molecule has 4 rings (SSSR count). The summed E-state index contributed by atoms with van der Waals surface area (Å²) in [6.45, 7) is 3.18. The van der Waals surface area contributed by atoms with E-state index >= 15 is 17.6 Å². The molecule has 182 valence electrons. The van der Waals surface area contributed by atoms with Crippen LogP contribution >= 0.6 is 10.3 Å². The Kier molecular flexibility index (Phi) is 5.83. The number of aryl methyl sites for hydroxylation is 2. The summed E-state index contributed by atoms with van der Waals surface area (Å²) in [5.41, 5.74) is 0.856. The number of benzene rings is 1. The van der Waals surface area contributed by atoms with Crippen molar-refractivity contribution in [3.63, 3.8) is 0 Å². The van der Waals surface area contributed by atoms with Crippen LogP contribution in [0.5, 0.6) is 5.75 Å². The maximum Gasteiger partial charge on any atom is 0.432 e. The number of hydrogen-bond acceptors (Lipinski definition) is 5. The van der Waals surface area contributed by atoms with Crippen LogP contribution in [0.25, 0.3) is 0 Å². The number of alkyl halides is 4. The zero-order chi connectivity index (χ0) is 23.7. The lowest BCUT2D eigenvalue weighted by Gasteiger charge is -2.39. The van der Waals surface area contributed by atoms with E-state index in [4.69, 9.17) is 3.63 Å². The molecule has 4 atom stereocenters. The Bertz CT molecular complexity index is 982. The highest BCUT2D eigenvalue weighted by atomic mass is 32.3. The molecule has 0 amide bonds. The van der Waals surface area contributed by atoms with Gasteiger partial charge in [0.25, 0.3) is 0 Å². The minimum absolute atomic E-state index is 0.000471. The normalized spacial score (nSPS) is 31.2. The van der Waals surface area contributed by atoms with Gasteiger partial charge in [-0.2, -0.15) is 26.0 Å². The molecule has 1 aliphatic heterocycles. The molecule has 11 heteroatoms. The van der Waals surface area contributed by atoms with E-state index in [0.29, 0.717) is 28.9 Å². The fourth-order valence-electron chi connectivity index (χ4n) is 5.53. The number of phenols is 1. The van der Waals surface area contributed by atoms with Crippen molar-refractivity contribution in [3.05, 3.63) is 23.3 Å². The standard InChI is InChI=1S/C21H28F4O5S2/c1-12-7-16(8-13(2)19(12)27)31(5-3-4-6-31)30-32(28,29)21(24,25)20(22,23)17-10-15-9-14(17)11-18(15)26/h7-8,14-15,17-18,26-27H,3-6,9-11H2,1-2H3. The molecule has 2 bridgehead atoms. The van der Waals surface area contributed by atoms with E-state index in [2.05, 4.69) is 0 Å². The molecular weight excluding hydrogens is 472 g/mol. The first-order valence-corrected chi connectivity index (χ1v) is 14.0. The lowest BCUT2D eigenvalue weighted by molar-refractivity contribution is -0.204. The summed E-state index contributed by atoms with van der Waals surface area (Å²) in [6.07, 6.45) is 0.0773. The molecule has 0 aromatic heterocycles. The summed E-state index contributed by atoms with van der Waals surface area (Å²) < 4.78 is 90.9. The first kappa shape index (κ1) is 24.1. The molecule has 3 aliphatic rings. The fourth-order valence-corrected chi connectivity index (χ4v) is 11.4. The van der Waals surface area contributed by atoms with Crippen molar-refractivity contribution >= 4 is 20.4 Å². The van der Waals surface area contributed by atoms with Crippen LogP contribution < -0.4 is 0 Å². The van der Waals surface area contributed by atoms with Crippen molar-refractivity contribution in [1.29, 1.82) is 0 Å². The van der Waals surface area contributed by atoms with E-state index in [9.17, 15) is 18.6 Å². The van der Waals surface area contributed by atoms with Gasteiger partial charge in [-0.05, 0) is 81.0 Å². The Labute approximate surface area is 186 Å². The molecule has 5 nitrogen and oxygen atoms in total. The Morgan fingerprint density at radius 2 is 1.56 bits per heavy atom. The summed E-state index contributed by atoms with van der Waals surface area (Å²) >= 11 is 0. The molecule has 3 fully saturated rings. The maximum absolute atomic E-state index is 15.1. The molecule has 0 radical (unpaired) electrons. The van der Waals surface area contributed by atoms with Crippen molar-refractivity contribution < 1.29 is 39.8 Å². The van der Waals surface area contributed by atoms with E-state index in [0.717, 1.165) is 0 Å². The highest BCUT2D eigenvalue weighted by molar-refractivity contribution is 8.33. The second kappa shape index (κ2) is 7.74. The topological polar surface area (TPSA) is 83.8 Å². The minimum Gasteiger partial charge on any atom is -0.507 e. The second-order valence-electron chi connectivity index (χ2n) is 9.40. The van der Waals surface area contributed by atoms with Crippen LogP contribution in [0.15, 0.2) is 17.0 Å². The zero-order valence-corrected chi connectivity index (χ0v) is 19.5. The lowest BCUT2D eigenvalue weighted by Crippen LogP contribution is -2.54. The van der Waals surface area contributed by atoms with Crippen LogP contribution in [0.1, 0.15) is 43.2 Å². The number of fused-ring (bicyclic) bond motifs is 2. The first-order valence-electron chi connectivity index (χ1n) is 10.7. The van der Waals surface area contributed by atoms with Crippen LogP contribution in [-0.4, -0.2) is 47.4 Å². The van der Waals surface area contributed by atoms with Crippen LogP contribution in [0, 0.1) is 31.6 Å². The molecule has 1 heterocycles. The smallest absolute Gasteiger partial charge is 0.432 e. The van der Waals surface area contributed by atoms with Gasteiger partial charge in [0, 0.05) is 22.3 Å². The summed E-state index contributed by atoms with van der Waals surface area (Å²) in [6, 6.07) is 2.98. The third-order valence-electron chi connectivity index (χ3n) is 7.30. The number of halogens is 4. The van der Waals surface area contributed by atoms with Gasteiger partial charge in [-0.25, -0.2) is 3.63 Å². The van der Waals surface area contributed by atoms with Gasteiger partial charge in [0.05, 0.1) is 6.10 Å². The van der Waals surface area contributed by atoms with Crippen molar-refractivity contribution in [2.24, 2.45) is 17.8 Å². The van der Waals surface area contributed by atoms with E-state index in [-0.39, 0.29) is 36.5 Å². The van der Waals surface area contributed by atoms with Crippen LogP contribution in [-0.2, 0) is 13.7 Å². The quantitative estimate of drug-likeness (QED) is 0.545. The Morgan fingerprint density at radius 1 is 1.00 bits per heavy atom. The van der Waals surface area contributed by atoms with E-state index in [1.54, 1.807) is 13.8 Å². The predicted molar refractivity (Wildman–Crippen MR) is 113 cm³/mol. The summed E-state index contributed by atoms with van der Waals surface area (Å²) in [5.74, 6) is -7.66. The van der Waals surface area contributed by atoms with Crippen molar-refractivity contribution in [3.8, 4) is 5.75 Å². The number of hydrogen-bond donors (Lipinski definition) is 2. The third kappa shape index (κ3) is 3.54. The molecule has 2 saturated carbocycles. The molecule has 4 unspecified atom stereocenters. The van der Waals surface area contributed by atoms with Gasteiger partial charge in [-0.1, -0.05) is 10.3 Å². The summed E-state index contributed by atoms with van der Waals surface area (Å²) in [4.78, 5) is 0.355. The van der Waals surface area contributed by atoms with Crippen molar-refractivity contribution in [2.75, 3.05) is 11.5 Å². The maximum atomic E-state index is 15.1. The van der Waals surface area contributed by atoms with Crippen LogP contribution in [0.2, 0.25) is 0 Å². The zero-order valence-electron chi connectivity index (χ0n) is 17.9. The molecule has 2 N–H and O–H groups in total. The van der Waals surface area contributed by atoms with Crippen LogP contribution in [0.4, 0.5) is 17.6 Å². The van der Waals surface area contributed by atoms with Gasteiger partial charge in [0.2, 0.25) is 0 Å². The molecule has 1 aromatic carbocycles. The number of aromatic hydroxyl groups is 1. The van der Waals surface area contributed by atoms with Gasteiger partial charge < -0.3 is 10.2 Å². The van der Waals surface area contributed by atoms with Gasteiger partial charge in [-0.3, -0.25) is 0 Å². The largest absolute Gasteiger partial charge is 0.507 e. The second-order valence-corrected chi connectivity index (χ2v) is 14.3. The average Bonchev–Trinajstić information content (AvgIpc) is 3.41.